The highest BCUT2D eigenvalue weighted by Gasteiger charge is 2.35. The molecule has 4 aromatic rings. The summed E-state index contributed by atoms with van der Waals surface area (Å²) in [6, 6.07) is 26.4. The second-order valence-electron chi connectivity index (χ2n) is 10.1. The lowest BCUT2D eigenvalue weighted by atomic mass is 9.86. The summed E-state index contributed by atoms with van der Waals surface area (Å²) in [5.41, 5.74) is 2.96. The number of anilines is 1. The molecule has 0 spiro atoms. The minimum atomic E-state index is -0.876. The zero-order valence-corrected chi connectivity index (χ0v) is 22.3. The third kappa shape index (κ3) is 6.41. The van der Waals surface area contributed by atoms with Gasteiger partial charge >= 0.3 is 5.97 Å². The van der Waals surface area contributed by atoms with Crippen LogP contribution in [0.5, 0.6) is 0 Å². The lowest BCUT2D eigenvalue weighted by molar-refractivity contribution is -0.144. The number of aliphatic carboxylic acids is 1. The normalized spacial score (nSPS) is 12.4. The van der Waals surface area contributed by atoms with Gasteiger partial charge in [0.25, 0.3) is 0 Å². The molecule has 0 saturated carbocycles. The van der Waals surface area contributed by atoms with E-state index in [2.05, 4.69) is 0 Å². The molecule has 1 unspecified atom stereocenters. The van der Waals surface area contributed by atoms with E-state index in [-0.39, 0.29) is 5.91 Å². The molecule has 0 aliphatic heterocycles. The van der Waals surface area contributed by atoms with Crippen molar-refractivity contribution >= 4 is 40.4 Å². The van der Waals surface area contributed by atoms with Crippen LogP contribution in [0.15, 0.2) is 90.1 Å². The van der Waals surface area contributed by atoms with E-state index in [1.165, 1.54) is 11.8 Å². The number of aromatic nitrogens is 2. The number of imidazole rings is 1. The van der Waals surface area contributed by atoms with Gasteiger partial charge in [-0.3, -0.25) is 4.79 Å². The lowest BCUT2D eigenvalue weighted by Gasteiger charge is -2.30. The largest absolute Gasteiger partial charge is 0.480 e. The Bertz CT molecular complexity index is 1350. The van der Waals surface area contributed by atoms with E-state index in [0.29, 0.717) is 23.9 Å². The van der Waals surface area contributed by atoms with Crippen molar-refractivity contribution in [1.82, 2.24) is 9.55 Å². The SMILES string of the molecule is CC(C)(C)C(C(=O)O)n1c(SCCCN(C(=O)Cc2ccccc2)c2ccccc2)nc2ccccc21. The van der Waals surface area contributed by atoms with Crippen molar-refractivity contribution in [3.8, 4) is 0 Å². The topological polar surface area (TPSA) is 75.4 Å². The number of rotatable bonds is 10. The van der Waals surface area contributed by atoms with E-state index in [4.69, 9.17) is 4.98 Å². The third-order valence-electron chi connectivity index (χ3n) is 6.20. The number of carboxylic acid groups (broad SMARTS) is 1. The Morgan fingerprint density at radius 2 is 1.57 bits per heavy atom. The molecule has 4 rings (SSSR count). The second kappa shape index (κ2) is 11.6. The summed E-state index contributed by atoms with van der Waals surface area (Å²) in [7, 11) is 0. The quantitative estimate of drug-likeness (QED) is 0.194. The number of amides is 1. The summed E-state index contributed by atoms with van der Waals surface area (Å²) in [6.45, 7) is 6.37. The predicted molar refractivity (Wildman–Crippen MR) is 150 cm³/mol. The van der Waals surface area contributed by atoms with Gasteiger partial charge in [-0.15, -0.1) is 0 Å². The smallest absolute Gasteiger partial charge is 0.327 e. The molecule has 1 atom stereocenters. The number of thioether (sulfide) groups is 1. The molecule has 37 heavy (non-hydrogen) atoms. The molecule has 1 amide bonds. The van der Waals surface area contributed by atoms with Crippen LogP contribution in [0.4, 0.5) is 5.69 Å². The fraction of sp³-hybridized carbons (Fsp3) is 0.300. The standard InChI is InChI=1S/C30H33N3O3S/c1-30(2,3)27(28(35)36)33-25-18-11-10-17-24(25)31-29(33)37-20-12-19-32(23-15-8-5-9-16-23)26(34)21-22-13-6-4-7-14-22/h4-11,13-18,27H,12,19-21H2,1-3H3,(H,35,36). The van der Waals surface area contributed by atoms with Gasteiger partial charge in [0, 0.05) is 18.0 Å². The van der Waals surface area contributed by atoms with Crippen LogP contribution in [-0.4, -0.2) is 38.8 Å². The Balaban J connectivity index is 1.51. The van der Waals surface area contributed by atoms with E-state index in [0.717, 1.165) is 28.7 Å². The first-order chi connectivity index (χ1) is 17.8. The van der Waals surface area contributed by atoms with Crippen LogP contribution in [-0.2, 0) is 16.0 Å². The molecule has 0 saturated heterocycles. The molecule has 3 aromatic carbocycles. The van der Waals surface area contributed by atoms with Crippen molar-refractivity contribution in [2.24, 2.45) is 5.41 Å². The molecule has 1 aromatic heterocycles. The van der Waals surface area contributed by atoms with Gasteiger partial charge in [-0.05, 0) is 41.7 Å². The minimum Gasteiger partial charge on any atom is -0.480 e. The van der Waals surface area contributed by atoms with Gasteiger partial charge in [-0.1, -0.05) is 93.2 Å². The molecule has 0 fully saturated rings. The molecule has 0 aliphatic carbocycles. The summed E-state index contributed by atoms with van der Waals surface area (Å²) < 4.78 is 1.86. The molecule has 7 heteroatoms. The van der Waals surface area contributed by atoms with Gasteiger partial charge in [0.05, 0.1) is 17.5 Å². The number of fused-ring (bicyclic) bond motifs is 1. The van der Waals surface area contributed by atoms with Crippen LogP contribution >= 0.6 is 11.8 Å². The summed E-state index contributed by atoms with van der Waals surface area (Å²) in [5.74, 6) is -0.130. The average molecular weight is 516 g/mol. The Morgan fingerprint density at radius 1 is 0.946 bits per heavy atom. The van der Waals surface area contributed by atoms with Crippen molar-refractivity contribution in [1.29, 1.82) is 0 Å². The Kier molecular flexibility index (Phi) is 8.34. The number of carboxylic acids is 1. The van der Waals surface area contributed by atoms with Crippen LogP contribution in [0, 0.1) is 5.41 Å². The zero-order chi connectivity index (χ0) is 26.4. The number of para-hydroxylation sites is 3. The van der Waals surface area contributed by atoms with Gasteiger partial charge in [0.15, 0.2) is 5.16 Å². The first-order valence-electron chi connectivity index (χ1n) is 12.5. The van der Waals surface area contributed by atoms with Crippen LogP contribution in [0.3, 0.4) is 0 Å². The summed E-state index contributed by atoms with van der Waals surface area (Å²) in [4.78, 5) is 32.2. The van der Waals surface area contributed by atoms with Crippen molar-refractivity contribution in [2.45, 2.75) is 44.8 Å². The number of hydrogen-bond donors (Lipinski definition) is 1. The number of carbonyl (C=O) groups is 2. The summed E-state index contributed by atoms with van der Waals surface area (Å²) in [5, 5.41) is 10.8. The molecule has 6 nitrogen and oxygen atoms in total. The highest BCUT2D eigenvalue weighted by Crippen LogP contribution is 2.37. The number of nitrogens with zero attached hydrogens (tertiary/aromatic N) is 3. The number of carbonyl (C=O) groups excluding carboxylic acids is 1. The van der Waals surface area contributed by atoms with Crippen LogP contribution in [0.1, 0.15) is 38.8 Å². The predicted octanol–water partition coefficient (Wildman–Crippen LogP) is 6.47. The number of hydrogen-bond acceptors (Lipinski definition) is 4. The highest BCUT2D eigenvalue weighted by molar-refractivity contribution is 7.99. The molecule has 192 valence electrons. The van der Waals surface area contributed by atoms with E-state index in [1.807, 2.05) is 115 Å². The van der Waals surface area contributed by atoms with Crippen molar-refractivity contribution < 1.29 is 14.7 Å². The maximum Gasteiger partial charge on any atom is 0.327 e. The fourth-order valence-electron chi connectivity index (χ4n) is 4.50. The first kappa shape index (κ1) is 26.5. The first-order valence-corrected chi connectivity index (χ1v) is 13.5. The van der Waals surface area contributed by atoms with Gasteiger partial charge in [-0.25, -0.2) is 9.78 Å². The molecule has 0 bridgehead atoms. The maximum absolute atomic E-state index is 13.3. The summed E-state index contributed by atoms with van der Waals surface area (Å²) >= 11 is 1.54. The van der Waals surface area contributed by atoms with E-state index in [9.17, 15) is 14.7 Å². The second-order valence-corrected chi connectivity index (χ2v) is 11.2. The molecular formula is C30H33N3O3S. The average Bonchev–Trinajstić information content (AvgIpc) is 3.22. The molecule has 0 radical (unpaired) electrons. The Hall–Kier alpha value is -3.58. The fourth-order valence-corrected chi connectivity index (χ4v) is 5.46. The molecule has 0 aliphatic rings. The summed E-state index contributed by atoms with van der Waals surface area (Å²) in [6.07, 6.45) is 1.07. The Morgan fingerprint density at radius 3 is 2.22 bits per heavy atom. The van der Waals surface area contributed by atoms with E-state index >= 15 is 0 Å². The van der Waals surface area contributed by atoms with Crippen molar-refractivity contribution in [2.75, 3.05) is 17.2 Å². The Labute approximate surface area is 222 Å². The van der Waals surface area contributed by atoms with Crippen LogP contribution in [0.2, 0.25) is 0 Å². The van der Waals surface area contributed by atoms with Crippen molar-refractivity contribution in [3.05, 3.63) is 90.5 Å². The maximum atomic E-state index is 13.3. The van der Waals surface area contributed by atoms with Crippen LogP contribution < -0.4 is 4.90 Å². The van der Waals surface area contributed by atoms with Gasteiger partial charge < -0.3 is 14.6 Å². The van der Waals surface area contributed by atoms with Crippen molar-refractivity contribution in [3.63, 3.8) is 0 Å². The zero-order valence-electron chi connectivity index (χ0n) is 21.5. The van der Waals surface area contributed by atoms with Gasteiger partial charge in [0.1, 0.15) is 6.04 Å². The van der Waals surface area contributed by atoms with Gasteiger partial charge in [-0.2, -0.15) is 0 Å². The van der Waals surface area contributed by atoms with E-state index < -0.39 is 17.4 Å². The molecule has 1 N–H and O–H groups in total. The van der Waals surface area contributed by atoms with Crippen LogP contribution in [0.25, 0.3) is 11.0 Å². The lowest BCUT2D eigenvalue weighted by Crippen LogP contribution is -2.33. The minimum absolute atomic E-state index is 0.0494. The van der Waals surface area contributed by atoms with E-state index in [1.54, 1.807) is 0 Å². The third-order valence-corrected chi connectivity index (χ3v) is 7.24. The monoisotopic (exact) mass is 515 g/mol. The molecular weight excluding hydrogens is 482 g/mol. The highest BCUT2D eigenvalue weighted by atomic mass is 32.2. The number of benzene rings is 3. The van der Waals surface area contributed by atoms with Gasteiger partial charge in [0.2, 0.25) is 5.91 Å². The molecule has 1 heterocycles.